The molecular formula is C28H44O2. The smallest absolute Gasteiger partial charge is 0.0577 e. The molecule has 168 valence electrons. The minimum Gasteiger partial charge on any atom is -0.393 e. The van der Waals surface area contributed by atoms with Crippen molar-refractivity contribution in [3.05, 3.63) is 22.8 Å². The van der Waals surface area contributed by atoms with Gasteiger partial charge in [0.15, 0.2) is 0 Å². The molecule has 1 heterocycles. The van der Waals surface area contributed by atoms with Crippen molar-refractivity contribution in [1.29, 1.82) is 0 Å². The maximum Gasteiger partial charge on any atom is 0.0577 e. The van der Waals surface area contributed by atoms with Crippen LogP contribution in [0.25, 0.3) is 0 Å². The third-order valence-corrected chi connectivity index (χ3v) is 10.6. The fourth-order valence-electron chi connectivity index (χ4n) is 9.09. The molecule has 0 bridgehead atoms. The molecule has 4 aliphatic carbocycles. The van der Waals surface area contributed by atoms with Crippen LogP contribution in [0.1, 0.15) is 91.9 Å². The molecule has 0 aromatic rings. The van der Waals surface area contributed by atoms with Crippen LogP contribution in [0.15, 0.2) is 22.8 Å². The molecule has 0 radical (unpaired) electrons. The molecule has 0 spiro atoms. The molecule has 2 saturated carbocycles. The number of allylic oxidation sites excluding steroid dienone is 3. The van der Waals surface area contributed by atoms with E-state index < -0.39 is 0 Å². The number of hydrogen-bond acceptors (Lipinski definition) is 2. The van der Waals surface area contributed by atoms with E-state index in [1.165, 1.54) is 51.4 Å². The average molecular weight is 413 g/mol. The molecule has 2 nitrogen and oxygen atoms in total. The van der Waals surface area contributed by atoms with Gasteiger partial charge in [-0.15, -0.1) is 0 Å². The topological polar surface area (TPSA) is 29.5 Å². The Morgan fingerprint density at radius 2 is 1.70 bits per heavy atom. The van der Waals surface area contributed by atoms with Crippen LogP contribution < -0.4 is 0 Å². The van der Waals surface area contributed by atoms with E-state index in [2.05, 4.69) is 33.8 Å². The molecule has 3 fully saturated rings. The molecule has 0 aromatic carbocycles. The summed E-state index contributed by atoms with van der Waals surface area (Å²) in [7, 11) is 0. The normalized spacial score (nSPS) is 46.8. The van der Waals surface area contributed by atoms with Crippen LogP contribution in [0, 0.1) is 40.4 Å². The van der Waals surface area contributed by atoms with Crippen molar-refractivity contribution in [3.63, 3.8) is 0 Å². The monoisotopic (exact) mass is 412 g/mol. The lowest BCUT2D eigenvalue weighted by molar-refractivity contribution is -0.0557. The summed E-state index contributed by atoms with van der Waals surface area (Å²) in [6.45, 7) is 12.0. The first kappa shape index (κ1) is 21.3. The highest BCUT2D eigenvalue weighted by Crippen LogP contribution is 2.68. The predicted molar refractivity (Wildman–Crippen MR) is 123 cm³/mol. The van der Waals surface area contributed by atoms with Crippen LogP contribution in [0.4, 0.5) is 0 Å². The molecule has 0 amide bonds. The molecule has 2 unspecified atom stereocenters. The zero-order valence-corrected chi connectivity index (χ0v) is 19.9. The van der Waals surface area contributed by atoms with E-state index >= 15 is 0 Å². The first-order valence-electron chi connectivity index (χ1n) is 13.1. The maximum atomic E-state index is 10.4. The third-order valence-electron chi connectivity index (χ3n) is 10.6. The standard InChI is InChI=1S/C28H44O2/c1-5-18-15-21-17-22(29)7-11-27(21,3)23-8-12-28(4)24(25(18)23)16-19(6-2)26(28)20-9-13-30-14-10-20/h15,18,20,22-25,29H,5-14,16-17H2,1-4H3/t18?,22?,23-,24+,25-,27+,28+/m1/s1. The van der Waals surface area contributed by atoms with E-state index in [9.17, 15) is 5.11 Å². The lowest BCUT2D eigenvalue weighted by atomic mass is 9.45. The summed E-state index contributed by atoms with van der Waals surface area (Å²) in [5, 5.41) is 10.4. The number of aliphatic hydroxyl groups is 1. The van der Waals surface area contributed by atoms with E-state index in [-0.39, 0.29) is 6.10 Å². The highest BCUT2D eigenvalue weighted by molar-refractivity contribution is 5.36. The lowest BCUT2D eigenvalue weighted by Gasteiger charge is -2.60. The van der Waals surface area contributed by atoms with Crippen LogP contribution >= 0.6 is 0 Å². The minimum absolute atomic E-state index is 0.104. The third kappa shape index (κ3) is 3.03. The molecular weight excluding hydrogens is 368 g/mol. The molecule has 5 aliphatic rings. The average Bonchev–Trinajstić information content (AvgIpc) is 3.06. The zero-order valence-electron chi connectivity index (χ0n) is 19.9. The summed E-state index contributed by atoms with van der Waals surface area (Å²) in [6.07, 6.45) is 14.8. The van der Waals surface area contributed by atoms with Gasteiger partial charge in [-0.3, -0.25) is 0 Å². The molecule has 0 aromatic heterocycles. The van der Waals surface area contributed by atoms with Gasteiger partial charge in [0.2, 0.25) is 0 Å². The van der Waals surface area contributed by atoms with E-state index in [0.717, 1.165) is 49.7 Å². The van der Waals surface area contributed by atoms with Crippen LogP contribution in [-0.2, 0) is 4.74 Å². The first-order valence-corrected chi connectivity index (χ1v) is 13.1. The number of fused-ring (bicyclic) bond motifs is 5. The molecule has 5 rings (SSSR count). The maximum absolute atomic E-state index is 10.4. The van der Waals surface area contributed by atoms with Gasteiger partial charge < -0.3 is 9.84 Å². The lowest BCUT2D eigenvalue weighted by Crippen LogP contribution is -2.53. The first-order chi connectivity index (χ1) is 14.4. The van der Waals surface area contributed by atoms with Crippen molar-refractivity contribution in [2.24, 2.45) is 40.4 Å². The Morgan fingerprint density at radius 1 is 0.967 bits per heavy atom. The highest BCUT2D eigenvalue weighted by Gasteiger charge is 2.60. The van der Waals surface area contributed by atoms with Gasteiger partial charge in [-0.25, -0.2) is 0 Å². The second-order valence-electron chi connectivity index (χ2n) is 11.8. The largest absolute Gasteiger partial charge is 0.393 e. The summed E-state index contributed by atoms with van der Waals surface area (Å²) < 4.78 is 5.75. The van der Waals surface area contributed by atoms with Crippen LogP contribution in [-0.4, -0.2) is 24.4 Å². The van der Waals surface area contributed by atoms with Crippen molar-refractivity contribution in [2.75, 3.05) is 13.2 Å². The SMILES string of the molecule is CCC1=C(C2CCOCC2)[C@@]2(C)CC[C@@H]3[C@@H](C(CC)C=C4CC(O)CC[C@@]43C)[C@@H]2C1. The van der Waals surface area contributed by atoms with E-state index in [0.29, 0.717) is 16.7 Å². The molecule has 7 atom stereocenters. The Balaban J connectivity index is 1.53. The molecule has 1 saturated heterocycles. The summed E-state index contributed by atoms with van der Waals surface area (Å²) in [5.74, 6) is 3.96. The van der Waals surface area contributed by atoms with Gasteiger partial charge in [-0.1, -0.05) is 50.5 Å². The van der Waals surface area contributed by atoms with Crippen LogP contribution in [0.3, 0.4) is 0 Å². The Morgan fingerprint density at radius 3 is 2.40 bits per heavy atom. The Hall–Kier alpha value is -0.600. The molecule has 2 heteroatoms. The second-order valence-corrected chi connectivity index (χ2v) is 11.8. The van der Waals surface area contributed by atoms with Crippen molar-refractivity contribution in [2.45, 2.75) is 98.0 Å². The summed E-state index contributed by atoms with van der Waals surface area (Å²) in [4.78, 5) is 0. The van der Waals surface area contributed by atoms with Crippen molar-refractivity contribution < 1.29 is 9.84 Å². The molecule has 1 aliphatic heterocycles. The minimum atomic E-state index is -0.104. The number of ether oxygens (including phenoxy) is 1. The van der Waals surface area contributed by atoms with Gasteiger partial charge in [-0.05, 0) is 105 Å². The fraction of sp³-hybridized carbons (Fsp3) is 0.857. The van der Waals surface area contributed by atoms with Crippen LogP contribution in [0.5, 0.6) is 0 Å². The van der Waals surface area contributed by atoms with Gasteiger partial charge in [0.25, 0.3) is 0 Å². The van der Waals surface area contributed by atoms with Crippen LogP contribution in [0.2, 0.25) is 0 Å². The molecule has 30 heavy (non-hydrogen) atoms. The van der Waals surface area contributed by atoms with Crippen molar-refractivity contribution >= 4 is 0 Å². The van der Waals surface area contributed by atoms with Gasteiger partial charge in [0.05, 0.1) is 6.10 Å². The Kier molecular flexibility index (Phi) is 5.50. The van der Waals surface area contributed by atoms with Gasteiger partial charge >= 0.3 is 0 Å². The number of hydrogen-bond donors (Lipinski definition) is 1. The fourth-order valence-corrected chi connectivity index (χ4v) is 9.09. The zero-order chi connectivity index (χ0) is 21.1. The number of rotatable bonds is 3. The Bertz CT molecular complexity index is 729. The van der Waals surface area contributed by atoms with Crippen molar-refractivity contribution in [1.82, 2.24) is 0 Å². The number of aliphatic hydroxyl groups excluding tert-OH is 1. The second kappa shape index (κ2) is 7.77. The van der Waals surface area contributed by atoms with E-state index in [4.69, 9.17) is 4.74 Å². The Labute approximate surface area is 184 Å². The van der Waals surface area contributed by atoms with Gasteiger partial charge in [0, 0.05) is 13.2 Å². The summed E-state index contributed by atoms with van der Waals surface area (Å²) in [6, 6.07) is 0. The van der Waals surface area contributed by atoms with Gasteiger partial charge in [0.1, 0.15) is 0 Å². The molecule has 1 N–H and O–H groups in total. The summed E-state index contributed by atoms with van der Waals surface area (Å²) >= 11 is 0. The van der Waals surface area contributed by atoms with Crippen molar-refractivity contribution in [3.8, 4) is 0 Å². The predicted octanol–water partition coefficient (Wildman–Crippen LogP) is 6.69. The van der Waals surface area contributed by atoms with E-state index in [1.54, 1.807) is 5.57 Å². The highest BCUT2D eigenvalue weighted by atomic mass is 16.5. The quantitative estimate of drug-likeness (QED) is 0.523. The van der Waals surface area contributed by atoms with E-state index in [1.807, 2.05) is 11.1 Å². The summed E-state index contributed by atoms with van der Waals surface area (Å²) in [5.41, 5.74) is 6.08. The van der Waals surface area contributed by atoms with Gasteiger partial charge in [-0.2, -0.15) is 0 Å².